The van der Waals surface area contributed by atoms with Gasteiger partial charge in [0.2, 0.25) is 0 Å². The number of carbonyl (C=O) groups excluding carboxylic acids is 2. The third-order valence-corrected chi connectivity index (χ3v) is 6.12. The molecule has 2 saturated heterocycles. The Morgan fingerprint density at radius 1 is 1.33 bits per heavy atom. The Balaban J connectivity index is 1.78. The highest BCUT2D eigenvalue weighted by Gasteiger charge is 2.71. The van der Waals surface area contributed by atoms with Crippen molar-refractivity contribution >= 4 is 17.9 Å². The highest BCUT2D eigenvalue weighted by molar-refractivity contribution is 5.91. The van der Waals surface area contributed by atoms with E-state index in [1.807, 2.05) is 19.9 Å². The lowest BCUT2D eigenvalue weighted by atomic mass is 9.74. The zero-order valence-corrected chi connectivity index (χ0v) is 15.7. The van der Waals surface area contributed by atoms with Crippen molar-refractivity contribution < 1.29 is 33.7 Å². The Bertz CT molecular complexity index is 696. The van der Waals surface area contributed by atoms with Crippen molar-refractivity contribution in [2.45, 2.75) is 63.3 Å². The van der Waals surface area contributed by atoms with Gasteiger partial charge in [0.15, 0.2) is 0 Å². The van der Waals surface area contributed by atoms with Gasteiger partial charge in [-0.15, -0.1) is 0 Å². The van der Waals surface area contributed by atoms with Gasteiger partial charge in [-0.1, -0.05) is 18.7 Å². The van der Waals surface area contributed by atoms with Gasteiger partial charge in [-0.25, -0.2) is 4.79 Å². The minimum Gasteiger partial charge on any atom is -0.481 e. The van der Waals surface area contributed by atoms with E-state index in [1.165, 1.54) is 0 Å². The maximum Gasteiger partial charge on any atom is 0.334 e. The van der Waals surface area contributed by atoms with E-state index in [4.69, 9.17) is 19.3 Å². The minimum atomic E-state index is -1.05. The fourth-order valence-corrected chi connectivity index (χ4v) is 4.22. The molecule has 5 atom stereocenters. The second-order valence-corrected chi connectivity index (χ2v) is 7.90. The molecule has 0 spiro atoms. The first-order valence-corrected chi connectivity index (χ1v) is 9.30. The van der Waals surface area contributed by atoms with Crippen LogP contribution in [0.4, 0.5) is 0 Å². The molecule has 1 N–H and O–H groups in total. The third-order valence-electron chi connectivity index (χ3n) is 6.12. The van der Waals surface area contributed by atoms with Crippen LogP contribution in [0.25, 0.3) is 0 Å². The first-order valence-electron chi connectivity index (χ1n) is 9.30. The van der Waals surface area contributed by atoms with Crippen molar-refractivity contribution in [1.82, 2.24) is 0 Å². The van der Waals surface area contributed by atoms with Crippen LogP contribution in [-0.4, -0.2) is 46.9 Å². The quantitative estimate of drug-likeness (QED) is 0.339. The molecule has 2 fully saturated rings. The number of fused-ring (bicyclic) bond motifs is 3. The Labute approximate surface area is 158 Å². The highest BCUT2D eigenvalue weighted by atomic mass is 16.7. The monoisotopic (exact) mass is 378 g/mol. The van der Waals surface area contributed by atoms with Gasteiger partial charge in [0, 0.05) is 17.4 Å². The Morgan fingerprint density at radius 3 is 2.78 bits per heavy atom. The summed E-state index contributed by atoms with van der Waals surface area (Å²) >= 11 is 0. The van der Waals surface area contributed by atoms with Crippen LogP contribution in [-0.2, 0) is 28.6 Å². The molecule has 2 aliphatic heterocycles. The molecule has 148 valence electrons. The lowest BCUT2D eigenvalue weighted by Crippen LogP contribution is -2.42. The molecule has 3 aliphatic rings. The molecule has 7 nitrogen and oxygen atoms in total. The second kappa shape index (κ2) is 7.11. The number of rotatable bonds is 5. The summed E-state index contributed by atoms with van der Waals surface area (Å²) in [7, 11) is 0. The largest absolute Gasteiger partial charge is 0.481 e. The Kier molecular flexibility index (Phi) is 5.16. The number of allylic oxidation sites excluding steroid dienone is 2. The molecule has 0 aromatic carbocycles. The van der Waals surface area contributed by atoms with Crippen molar-refractivity contribution in [3.63, 3.8) is 0 Å². The number of ether oxygens (including phenoxy) is 3. The number of hydrogen-bond donors (Lipinski definition) is 1. The summed E-state index contributed by atoms with van der Waals surface area (Å²) in [5.74, 6) is -2.56. The standard InChI is InChI=1S/C20H26O7/c1-12-16-13(11-25-15(23)9-8-14(21)22)7-5-4-6-10-19(2)20(3,27-19)17(16)26-18(12)24/h4-5,13,16-17H,1,6-11H2,2-3H3,(H,21,22)/b5-4-/t13?,16-,17+,19-,20+/m1/s1. The van der Waals surface area contributed by atoms with E-state index >= 15 is 0 Å². The van der Waals surface area contributed by atoms with Crippen molar-refractivity contribution in [3.05, 3.63) is 24.3 Å². The molecule has 3 rings (SSSR count). The van der Waals surface area contributed by atoms with Crippen LogP contribution in [0, 0.1) is 11.8 Å². The van der Waals surface area contributed by atoms with Gasteiger partial charge in [0.05, 0.1) is 25.0 Å². The average Bonchev–Trinajstić information content (AvgIpc) is 3.03. The second-order valence-electron chi connectivity index (χ2n) is 7.90. The SMILES string of the molecule is C=C1C(=O)O[C@H]2[C@H]1C(COC(=O)CCC(=O)O)C/C=C\CC[C@@]1(C)O[C@@]21C. The number of aliphatic carboxylic acids is 1. The van der Waals surface area contributed by atoms with Crippen LogP contribution >= 0.6 is 0 Å². The number of carbonyl (C=O) groups is 3. The summed E-state index contributed by atoms with van der Waals surface area (Å²) in [6.07, 6.45) is 5.47. The molecule has 7 heteroatoms. The van der Waals surface area contributed by atoms with E-state index in [0.717, 1.165) is 12.8 Å². The van der Waals surface area contributed by atoms with E-state index in [2.05, 4.69) is 12.7 Å². The average molecular weight is 378 g/mol. The molecule has 0 saturated carbocycles. The molecule has 0 radical (unpaired) electrons. The Morgan fingerprint density at radius 2 is 2.07 bits per heavy atom. The number of esters is 2. The van der Waals surface area contributed by atoms with Crippen molar-refractivity contribution in [1.29, 1.82) is 0 Å². The van der Waals surface area contributed by atoms with Gasteiger partial charge < -0.3 is 19.3 Å². The number of carboxylic acid groups (broad SMARTS) is 1. The van der Waals surface area contributed by atoms with Crippen LogP contribution < -0.4 is 0 Å². The van der Waals surface area contributed by atoms with Gasteiger partial charge in [0.25, 0.3) is 0 Å². The summed E-state index contributed by atoms with van der Waals surface area (Å²) < 4.78 is 17.0. The first kappa shape index (κ1) is 19.6. The van der Waals surface area contributed by atoms with Crippen LogP contribution in [0.1, 0.15) is 46.0 Å². The van der Waals surface area contributed by atoms with Gasteiger partial charge in [-0.2, -0.15) is 0 Å². The smallest absolute Gasteiger partial charge is 0.334 e. The minimum absolute atomic E-state index is 0.0758. The Hall–Kier alpha value is -2.15. The van der Waals surface area contributed by atoms with Crippen molar-refractivity contribution in [2.75, 3.05) is 6.61 Å². The lowest BCUT2D eigenvalue weighted by molar-refractivity contribution is -0.150. The summed E-state index contributed by atoms with van der Waals surface area (Å²) in [6, 6.07) is 0. The van der Waals surface area contributed by atoms with Crippen molar-refractivity contribution in [2.24, 2.45) is 11.8 Å². The number of carboxylic acids is 1. The molecular formula is C20H26O7. The van der Waals surface area contributed by atoms with Crippen LogP contribution in [0.2, 0.25) is 0 Å². The molecule has 0 aromatic heterocycles. The van der Waals surface area contributed by atoms with E-state index < -0.39 is 29.6 Å². The molecule has 0 amide bonds. The third kappa shape index (κ3) is 3.65. The zero-order chi connectivity index (χ0) is 19.8. The summed E-state index contributed by atoms with van der Waals surface area (Å²) in [5.41, 5.74) is -0.589. The maximum atomic E-state index is 12.2. The van der Waals surface area contributed by atoms with E-state index in [9.17, 15) is 14.4 Å². The van der Waals surface area contributed by atoms with Crippen LogP contribution in [0.15, 0.2) is 24.3 Å². The number of hydrogen-bond acceptors (Lipinski definition) is 6. The molecule has 1 unspecified atom stereocenters. The molecule has 0 aromatic rings. The number of epoxide rings is 1. The summed E-state index contributed by atoms with van der Waals surface area (Å²) in [6.45, 7) is 7.97. The lowest BCUT2D eigenvalue weighted by Gasteiger charge is -2.30. The maximum absolute atomic E-state index is 12.2. The fraction of sp³-hybridized carbons (Fsp3) is 0.650. The summed E-state index contributed by atoms with van der Waals surface area (Å²) in [5, 5.41) is 8.68. The first-order chi connectivity index (χ1) is 12.7. The van der Waals surface area contributed by atoms with Crippen LogP contribution in [0.3, 0.4) is 0 Å². The van der Waals surface area contributed by atoms with Gasteiger partial charge in [0.1, 0.15) is 11.7 Å². The van der Waals surface area contributed by atoms with Gasteiger partial charge in [-0.05, 0) is 33.1 Å². The highest BCUT2D eigenvalue weighted by Crippen LogP contribution is 2.58. The van der Waals surface area contributed by atoms with E-state index in [1.54, 1.807) is 0 Å². The normalized spacial score (nSPS) is 39.0. The van der Waals surface area contributed by atoms with Gasteiger partial charge >= 0.3 is 17.9 Å². The van der Waals surface area contributed by atoms with E-state index in [-0.39, 0.29) is 36.9 Å². The predicted molar refractivity (Wildman–Crippen MR) is 94.7 cm³/mol. The van der Waals surface area contributed by atoms with Crippen molar-refractivity contribution in [3.8, 4) is 0 Å². The predicted octanol–water partition coefficient (Wildman–Crippen LogP) is 2.40. The van der Waals surface area contributed by atoms with E-state index in [0.29, 0.717) is 12.0 Å². The molecular weight excluding hydrogens is 352 g/mol. The topological polar surface area (TPSA) is 102 Å². The van der Waals surface area contributed by atoms with Crippen LogP contribution in [0.5, 0.6) is 0 Å². The molecule has 2 heterocycles. The van der Waals surface area contributed by atoms with Gasteiger partial charge in [-0.3, -0.25) is 9.59 Å². The molecule has 1 aliphatic carbocycles. The molecule has 0 bridgehead atoms. The molecule has 27 heavy (non-hydrogen) atoms. The zero-order valence-electron chi connectivity index (χ0n) is 15.7. The summed E-state index contributed by atoms with van der Waals surface area (Å²) in [4.78, 5) is 34.7. The fourth-order valence-electron chi connectivity index (χ4n) is 4.22.